The van der Waals surface area contributed by atoms with E-state index in [4.69, 9.17) is 9.63 Å². The fourth-order valence-corrected chi connectivity index (χ4v) is 2.63. The third-order valence-corrected chi connectivity index (χ3v) is 4.22. The number of hydrogen-bond acceptors (Lipinski definition) is 3. The highest BCUT2D eigenvalue weighted by molar-refractivity contribution is 7.46. The van der Waals surface area contributed by atoms with Gasteiger partial charge in [-0.2, -0.15) is 0 Å². The molecule has 0 aromatic carbocycles. The van der Waals surface area contributed by atoms with Gasteiger partial charge >= 0.3 is 7.91 Å². The molecule has 0 spiro atoms. The summed E-state index contributed by atoms with van der Waals surface area (Å²) < 4.78 is 31.6. The van der Waals surface area contributed by atoms with Crippen LogP contribution in [0.5, 0.6) is 0 Å². The first-order valence-corrected chi connectivity index (χ1v) is 11.3. The lowest BCUT2D eigenvalue weighted by Crippen LogP contribution is -1.89. The molecule has 0 aliphatic rings. The van der Waals surface area contributed by atoms with Gasteiger partial charge in [-0.1, -0.05) is 55.0 Å². The molecular weight excluding hydrogens is 366 g/mol. The summed E-state index contributed by atoms with van der Waals surface area (Å²) in [5, 5.41) is 0. The number of hydrogen-bond donors (Lipinski definition) is 1. The summed E-state index contributed by atoms with van der Waals surface area (Å²) in [6.45, 7) is 0.844. The maximum absolute atomic E-state index is 12.2. The zero-order valence-corrected chi connectivity index (χ0v) is 17.5. The highest BCUT2D eigenvalue weighted by atomic mass is 31.2. The number of unbranched alkanes of at least 4 members (excludes halogenated alkanes) is 5. The molecule has 6 heteroatoms. The van der Waals surface area contributed by atoms with Crippen LogP contribution in [0.1, 0.15) is 64.2 Å². The zero-order valence-electron chi connectivity index (χ0n) is 16.6. The van der Waals surface area contributed by atoms with Crippen molar-refractivity contribution in [3.63, 3.8) is 0 Å². The number of rotatable bonds is 18. The Kier molecular flexibility index (Phi) is 19.0. The van der Waals surface area contributed by atoms with E-state index in [0.29, 0.717) is 6.42 Å². The van der Waals surface area contributed by atoms with Gasteiger partial charge in [0.05, 0.1) is 6.61 Å². The molecule has 0 amide bonds. The lowest BCUT2D eigenvalue weighted by atomic mass is 10.2. The second kappa shape index (κ2) is 19.8. The van der Waals surface area contributed by atoms with Gasteiger partial charge in [-0.15, -0.1) is 4.20 Å². The molecular formula is C21H36FO4P. The third kappa shape index (κ3) is 25.0. The fourth-order valence-electron chi connectivity index (χ4n) is 2.28. The van der Waals surface area contributed by atoms with Crippen LogP contribution < -0.4 is 0 Å². The average Bonchev–Trinajstić information content (AvgIpc) is 2.62. The number of allylic oxidation sites excluding steroid dienone is 8. The monoisotopic (exact) mass is 402 g/mol. The maximum atomic E-state index is 12.2. The molecule has 156 valence electrons. The second-order valence-corrected chi connectivity index (χ2v) is 7.38. The van der Waals surface area contributed by atoms with Crippen molar-refractivity contribution in [1.29, 1.82) is 0 Å². The Balaban J connectivity index is 3.40. The van der Waals surface area contributed by atoms with Crippen molar-refractivity contribution < 1.29 is 22.9 Å². The topological polar surface area (TPSA) is 55.8 Å². The lowest BCUT2D eigenvalue weighted by Gasteiger charge is -2.01. The normalized spacial score (nSPS) is 14.9. The van der Waals surface area contributed by atoms with Crippen molar-refractivity contribution >= 4 is 7.91 Å². The van der Waals surface area contributed by atoms with Gasteiger partial charge in [0.25, 0.3) is 0 Å². The SMILES string of the molecule is COCCCCC/C=C\C/C=C\C/C=C\C/C=C\CCCCOP(=O)(O)F. The standard InChI is InChI=1S/C21H36FO4P/c1-25-20-18-16-14-12-10-8-6-4-2-3-5-7-9-11-13-15-17-19-21-26-27(22,23)24/h2,4-5,7-8,10-11,13H,3,6,9,12,14-21H2,1H3,(H,23,24)/b4-2-,7-5-,10-8-,13-11-. The van der Waals surface area contributed by atoms with Crippen molar-refractivity contribution in [2.24, 2.45) is 0 Å². The van der Waals surface area contributed by atoms with Gasteiger partial charge in [-0.25, -0.2) is 4.57 Å². The summed E-state index contributed by atoms with van der Waals surface area (Å²) in [5.41, 5.74) is 0. The van der Waals surface area contributed by atoms with E-state index in [1.807, 2.05) is 0 Å². The maximum Gasteiger partial charge on any atom is 0.510 e. The molecule has 1 atom stereocenters. The van der Waals surface area contributed by atoms with Crippen LogP contribution in [0, 0.1) is 0 Å². The van der Waals surface area contributed by atoms with E-state index < -0.39 is 7.91 Å². The van der Waals surface area contributed by atoms with Gasteiger partial charge in [0, 0.05) is 13.7 Å². The van der Waals surface area contributed by atoms with Crippen LogP contribution in [-0.2, 0) is 13.8 Å². The molecule has 0 fully saturated rings. The van der Waals surface area contributed by atoms with Crippen LogP contribution in [-0.4, -0.2) is 25.2 Å². The van der Waals surface area contributed by atoms with Crippen molar-refractivity contribution in [2.45, 2.75) is 64.2 Å². The Morgan fingerprint density at radius 3 is 1.67 bits per heavy atom. The number of ether oxygens (including phenoxy) is 1. The molecule has 0 aliphatic heterocycles. The Bertz CT molecular complexity index is 481. The van der Waals surface area contributed by atoms with Gasteiger partial charge in [0.15, 0.2) is 0 Å². The van der Waals surface area contributed by atoms with Crippen molar-refractivity contribution in [2.75, 3.05) is 20.3 Å². The highest BCUT2D eigenvalue weighted by Gasteiger charge is 2.15. The largest absolute Gasteiger partial charge is 0.510 e. The summed E-state index contributed by atoms with van der Waals surface area (Å²) in [6, 6.07) is 0. The molecule has 0 saturated carbocycles. The molecule has 1 N–H and O–H groups in total. The van der Waals surface area contributed by atoms with Crippen LogP contribution in [0.3, 0.4) is 0 Å². The average molecular weight is 402 g/mol. The lowest BCUT2D eigenvalue weighted by molar-refractivity contribution is 0.192. The number of methoxy groups -OCH3 is 1. The van der Waals surface area contributed by atoms with Crippen LogP contribution in [0.15, 0.2) is 48.6 Å². The minimum Gasteiger partial charge on any atom is -0.385 e. The Morgan fingerprint density at radius 1 is 0.741 bits per heavy atom. The third-order valence-electron chi connectivity index (χ3n) is 3.72. The van der Waals surface area contributed by atoms with Crippen LogP contribution >= 0.6 is 7.91 Å². The molecule has 0 saturated heterocycles. The van der Waals surface area contributed by atoms with E-state index in [2.05, 4.69) is 53.1 Å². The number of halogens is 1. The quantitative estimate of drug-likeness (QED) is 0.155. The summed E-state index contributed by atoms with van der Waals surface area (Å²) >= 11 is 0. The minimum absolute atomic E-state index is 0.0199. The van der Waals surface area contributed by atoms with E-state index in [-0.39, 0.29) is 6.61 Å². The first-order chi connectivity index (χ1) is 13.1. The Labute approximate surface area is 164 Å². The summed E-state index contributed by atoms with van der Waals surface area (Å²) in [7, 11) is -3.05. The molecule has 0 rings (SSSR count). The van der Waals surface area contributed by atoms with Crippen molar-refractivity contribution in [3.05, 3.63) is 48.6 Å². The predicted octanol–water partition coefficient (Wildman–Crippen LogP) is 6.85. The molecule has 1 unspecified atom stereocenters. The Hall–Kier alpha value is -1.00. The van der Waals surface area contributed by atoms with Crippen LogP contribution in [0.2, 0.25) is 0 Å². The molecule has 0 aliphatic carbocycles. The summed E-state index contributed by atoms with van der Waals surface area (Å²) in [4.78, 5) is 8.31. The predicted molar refractivity (Wildman–Crippen MR) is 111 cm³/mol. The smallest absolute Gasteiger partial charge is 0.385 e. The molecule has 0 aromatic heterocycles. The van der Waals surface area contributed by atoms with Crippen molar-refractivity contribution in [1.82, 2.24) is 0 Å². The molecule has 0 bridgehead atoms. The first-order valence-electron chi connectivity index (χ1n) is 9.82. The second-order valence-electron chi connectivity index (χ2n) is 6.22. The highest BCUT2D eigenvalue weighted by Crippen LogP contribution is 2.43. The van der Waals surface area contributed by atoms with Gasteiger partial charge in [0.1, 0.15) is 0 Å². The Morgan fingerprint density at radius 2 is 1.19 bits per heavy atom. The molecule has 4 nitrogen and oxygen atoms in total. The van der Waals surface area contributed by atoms with E-state index in [1.165, 1.54) is 12.8 Å². The molecule has 0 radical (unpaired) electrons. The summed E-state index contributed by atoms with van der Waals surface area (Å²) in [5.74, 6) is 0. The minimum atomic E-state index is -4.80. The van der Waals surface area contributed by atoms with Gasteiger partial charge in [0.2, 0.25) is 0 Å². The molecule has 0 heterocycles. The van der Waals surface area contributed by atoms with E-state index in [0.717, 1.165) is 51.6 Å². The molecule has 27 heavy (non-hydrogen) atoms. The van der Waals surface area contributed by atoms with Crippen molar-refractivity contribution in [3.8, 4) is 0 Å². The van der Waals surface area contributed by atoms with Gasteiger partial charge in [-0.05, 0) is 57.8 Å². The first kappa shape index (κ1) is 26.0. The fraction of sp³-hybridized carbons (Fsp3) is 0.619. The van der Waals surface area contributed by atoms with Crippen LogP contribution in [0.4, 0.5) is 4.20 Å². The van der Waals surface area contributed by atoms with Crippen LogP contribution in [0.25, 0.3) is 0 Å². The van der Waals surface area contributed by atoms with Gasteiger partial charge in [-0.3, -0.25) is 9.42 Å². The van der Waals surface area contributed by atoms with E-state index in [1.54, 1.807) is 7.11 Å². The summed E-state index contributed by atoms with van der Waals surface area (Å²) in [6.07, 6.45) is 27.1. The zero-order chi connectivity index (χ0) is 20.1. The van der Waals surface area contributed by atoms with E-state index in [9.17, 15) is 8.76 Å². The van der Waals surface area contributed by atoms with Gasteiger partial charge < -0.3 is 4.74 Å². The van der Waals surface area contributed by atoms with E-state index >= 15 is 0 Å². The molecule has 0 aromatic rings.